The fourth-order valence-electron chi connectivity index (χ4n) is 3.90. The Labute approximate surface area is 181 Å². The highest BCUT2D eigenvalue weighted by Crippen LogP contribution is 2.37. The van der Waals surface area contributed by atoms with Gasteiger partial charge in [-0.25, -0.2) is 0 Å². The number of hydrogen-bond acceptors (Lipinski definition) is 6. The number of amides is 1. The van der Waals surface area contributed by atoms with Gasteiger partial charge in [0.25, 0.3) is 0 Å². The van der Waals surface area contributed by atoms with Crippen molar-refractivity contribution in [3.63, 3.8) is 0 Å². The summed E-state index contributed by atoms with van der Waals surface area (Å²) in [4.78, 5) is 14.4. The predicted molar refractivity (Wildman–Crippen MR) is 113 cm³/mol. The van der Waals surface area contributed by atoms with Gasteiger partial charge in [-0.1, -0.05) is 32.4 Å². The third kappa shape index (κ3) is 4.25. The molecule has 1 aromatic heterocycles. The Morgan fingerprint density at radius 3 is 2.70 bits per heavy atom. The van der Waals surface area contributed by atoms with E-state index in [4.69, 9.17) is 21.1 Å². The average molecular weight is 434 g/mol. The molecule has 0 bridgehead atoms. The van der Waals surface area contributed by atoms with E-state index in [9.17, 15) is 4.79 Å². The van der Waals surface area contributed by atoms with Crippen LogP contribution in [0.2, 0.25) is 5.02 Å². The molecule has 30 heavy (non-hydrogen) atoms. The minimum atomic E-state index is -0.145. The largest absolute Gasteiger partial charge is 0.454 e. The molecule has 0 saturated carbocycles. The molecule has 1 aromatic carbocycles. The summed E-state index contributed by atoms with van der Waals surface area (Å²) in [7, 11) is 0. The average Bonchev–Trinajstić information content (AvgIpc) is 3.28. The fraction of sp³-hybridized carbons (Fsp3) is 0.571. The van der Waals surface area contributed by atoms with E-state index in [-0.39, 0.29) is 24.7 Å². The highest BCUT2D eigenvalue weighted by atomic mass is 35.5. The van der Waals surface area contributed by atoms with Crippen LogP contribution in [0.25, 0.3) is 0 Å². The third-order valence-corrected chi connectivity index (χ3v) is 6.02. The van der Waals surface area contributed by atoms with Gasteiger partial charge in [-0.15, -0.1) is 10.2 Å². The smallest absolute Gasteiger partial charge is 0.231 e. The number of carbonyl (C=O) groups is 1. The van der Waals surface area contributed by atoms with Gasteiger partial charge in [0, 0.05) is 50.1 Å². The van der Waals surface area contributed by atoms with Gasteiger partial charge in [-0.2, -0.15) is 0 Å². The number of nitrogens with one attached hydrogen (secondary N) is 1. The first-order valence-corrected chi connectivity index (χ1v) is 10.9. The second-order valence-electron chi connectivity index (χ2n) is 8.09. The number of carbonyl (C=O) groups excluding carboxylic acids is 1. The number of fused-ring (bicyclic) bond motifs is 2. The van der Waals surface area contributed by atoms with Gasteiger partial charge in [-0.3, -0.25) is 9.69 Å². The van der Waals surface area contributed by atoms with Crippen molar-refractivity contribution in [2.24, 2.45) is 5.92 Å². The number of benzene rings is 1. The molecular weight excluding hydrogens is 406 g/mol. The minimum absolute atomic E-state index is 0.0266. The van der Waals surface area contributed by atoms with Crippen LogP contribution in [0, 0.1) is 5.92 Å². The van der Waals surface area contributed by atoms with Crippen LogP contribution < -0.4 is 14.8 Å². The second-order valence-corrected chi connectivity index (χ2v) is 8.50. The molecule has 4 rings (SSSR count). The van der Waals surface area contributed by atoms with Crippen LogP contribution in [0.4, 0.5) is 0 Å². The molecule has 8 nitrogen and oxygen atoms in total. The van der Waals surface area contributed by atoms with Crippen molar-refractivity contribution in [2.75, 3.05) is 19.9 Å². The number of rotatable bonds is 6. The number of aromatic nitrogens is 3. The van der Waals surface area contributed by atoms with E-state index in [0.29, 0.717) is 17.2 Å². The maximum Gasteiger partial charge on any atom is 0.231 e. The van der Waals surface area contributed by atoms with Crippen molar-refractivity contribution in [2.45, 2.75) is 52.7 Å². The van der Waals surface area contributed by atoms with Gasteiger partial charge >= 0.3 is 0 Å². The summed E-state index contributed by atoms with van der Waals surface area (Å²) in [6.07, 6.45) is 1.25. The second kappa shape index (κ2) is 8.81. The van der Waals surface area contributed by atoms with Gasteiger partial charge in [0.15, 0.2) is 17.3 Å². The predicted octanol–water partition coefficient (Wildman–Crippen LogP) is 2.94. The van der Waals surface area contributed by atoms with E-state index >= 15 is 0 Å². The Morgan fingerprint density at radius 1 is 1.20 bits per heavy atom. The highest BCUT2D eigenvalue weighted by molar-refractivity contribution is 6.31. The van der Waals surface area contributed by atoms with Gasteiger partial charge in [-0.05, 0) is 17.5 Å². The van der Waals surface area contributed by atoms with Crippen LogP contribution in [-0.4, -0.2) is 45.5 Å². The SMILES string of the molecule is CCC(=O)NC(c1nnc2n1CCN(Cc1cc3c(cc1Cl)OCO3)CC2)C(C)C. The first kappa shape index (κ1) is 20.9. The van der Waals surface area contributed by atoms with Crippen molar-refractivity contribution in [1.82, 2.24) is 25.0 Å². The molecule has 2 aliphatic heterocycles. The Morgan fingerprint density at radius 2 is 1.97 bits per heavy atom. The molecule has 0 fully saturated rings. The zero-order valence-electron chi connectivity index (χ0n) is 17.7. The Kier molecular flexibility index (Phi) is 6.15. The van der Waals surface area contributed by atoms with Crippen molar-refractivity contribution in [1.29, 1.82) is 0 Å². The lowest BCUT2D eigenvalue weighted by Gasteiger charge is -2.23. The number of nitrogens with zero attached hydrogens (tertiary/aromatic N) is 4. The van der Waals surface area contributed by atoms with Gasteiger partial charge in [0.2, 0.25) is 12.7 Å². The lowest BCUT2D eigenvalue weighted by Crippen LogP contribution is -2.34. The van der Waals surface area contributed by atoms with Crippen LogP contribution in [0.3, 0.4) is 0 Å². The topological polar surface area (TPSA) is 81.5 Å². The maximum atomic E-state index is 12.0. The zero-order chi connectivity index (χ0) is 21.3. The van der Waals surface area contributed by atoms with E-state index in [1.807, 2.05) is 19.1 Å². The van der Waals surface area contributed by atoms with Gasteiger partial charge < -0.3 is 19.4 Å². The van der Waals surface area contributed by atoms with Crippen molar-refractivity contribution < 1.29 is 14.3 Å². The summed E-state index contributed by atoms with van der Waals surface area (Å²) in [6.45, 7) is 9.47. The van der Waals surface area contributed by atoms with E-state index in [1.54, 1.807) is 0 Å². The van der Waals surface area contributed by atoms with E-state index in [1.165, 1.54) is 0 Å². The number of ether oxygens (including phenoxy) is 2. The van der Waals surface area contributed by atoms with E-state index in [0.717, 1.165) is 55.6 Å². The molecule has 1 N–H and O–H groups in total. The van der Waals surface area contributed by atoms with Crippen LogP contribution in [0.1, 0.15) is 50.4 Å². The summed E-state index contributed by atoms with van der Waals surface area (Å²) in [6, 6.07) is 3.65. The Balaban J connectivity index is 1.48. The lowest BCUT2D eigenvalue weighted by atomic mass is 10.0. The molecule has 0 saturated heterocycles. The molecular formula is C21H28ClN5O3. The monoisotopic (exact) mass is 433 g/mol. The van der Waals surface area contributed by atoms with Crippen molar-refractivity contribution in [3.8, 4) is 11.5 Å². The number of halogens is 1. The van der Waals surface area contributed by atoms with Crippen LogP contribution in [-0.2, 0) is 24.3 Å². The Bertz CT molecular complexity index is 930. The summed E-state index contributed by atoms with van der Waals surface area (Å²) >= 11 is 6.47. The summed E-state index contributed by atoms with van der Waals surface area (Å²) in [5.41, 5.74) is 1.02. The quantitative estimate of drug-likeness (QED) is 0.754. The van der Waals surface area contributed by atoms with Crippen LogP contribution in [0.15, 0.2) is 12.1 Å². The normalized spacial score (nSPS) is 17.0. The molecule has 0 radical (unpaired) electrons. The first-order valence-electron chi connectivity index (χ1n) is 10.5. The van der Waals surface area contributed by atoms with E-state index in [2.05, 4.69) is 38.8 Å². The lowest BCUT2D eigenvalue weighted by molar-refractivity contribution is -0.121. The molecule has 2 aromatic rings. The van der Waals surface area contributed by atoms with Crippen molar-refractivity contribution in [3.05, 3.63) is 34.4 Å². The molecule has 1 amide bonds. The minimum Gasteiger partial charge on any atom is -0.454 e. The molecule has 1 atom stereocenters. The van der Waals surface area contributed by atoms with Gasteiger partial charge in [0.05, 0.1) is 6.04 Å². The van der Waals surface area contributed by atoms with Crippen LogP contribution in [0.5, 0.6) is 11.5 Å². The fourth-order valence-corrected chi connectivity index (χ4v) is 4.12. The third-order valence-electron chi connectivity index (χ3n) is 5.67. The highest BCUT2D eigenvalue weighted by Gasteiger charge is 2.27. The molecule has 0 spiro atoms. The molecule has 1 unspecified atom stereocenters. The molecule has 9 heteroatoms. The zero-order valence-corrected chi connectivity index (χ0v) is 18.4. The van der Waals surface area contributed by atoms with E-state index < -0.39 is 0 Å². The Hall–Kier alpha value is -2.32. The maximum absolute atomic E-state index is 12.0. The van der Waals surface area contributed by atoms with Gasteiger partial charge in [0.1, 0.15) is 5.82 Å². The van der Waals surface area contributed by atoms with Crippen molar-refractivity contribution >= 4 is 17.5 Å². The molecule has 3 heterocycles. The summed E-state index contributed by atoms with van der Waals surface area (Å²) in [5, 5.41) is 12.7. The standard InChI is InChI=1S/C21H28ClN5O3/c1-4-19(28)23-20(13(2)3)21-25-24-18-5-6-26(7-8-27(18)21)11-14-9-16-17(10-15(14)22)30-12-29-16/h9-10,13,20H,4-8,11-12H2,1-3H3,(H,23,28). The first-order chi connectivity index (χ1) is 14.5. The van der Waals surface area contributed by atoms with Crippen LogP contribution >= 0.6 is 11.6 Å². The summed E-state index contributed by atoms with van der Waals surface area (Å²) in [5.74, 6) is 3.49. The molecule has 0 aliphatic carbocycles. The molecule has 162 valence electrons. The summed E-state index contributed by atoms with van der Waals surface area (Å²) < 4.78 is 13.1. The molecule has 2 aliphatic rings. The number of hydrogen-bond donors (Lipinski definition) is 1.